The fourth-order valence-corrected chi connectivity index (χ4v) is 4.96. The van der Waals surface area contributed by atoms with Crippen LogP contribution in [0.1, 0.15) is 71.1 Å². The first kappa shape index (κ1) is 12.0. The molecule has 0 aromatic rings. The van der Waals surface area contributed by atoms with Crippen LogP contribution in [0.4, 0.5) is 0 Å². The molecule has 1 atom stereocenters. The van der Waals surface area contributed by atoms with Crippen molar-refractivity contribution in [1.82, 2.24) is 0 Å². The molecule has 0 radical (unpaired) electrons. The van der Waals surface area contributed by atoms with E-state index in [0.717, 1.165) is 18.4 Å². The summed E-state index contributed by atoms with van der Waals surface area (Å²) in [6, 6.07) is 0. The van der Waals surface area contributed by atoms with Crippen molar-refractivity contribution in [3.63, 3.8) is 0 Å². The Morgan fingerprint density at radius 1 is 0.765 bits per heavy atom. The van der Waals surface area contributed by atoms with E-state index in [1.165, 1.54) is 64.2 Å². The first-order chi connectivity index (χ1) is 8.34. The lowest BCUT2D eigenvalue weighted by Gasteiger charge is -2.58. The molecule has 1 saturated heterocycles. The number of hydrogen-bond donors (Lipinski definition) is 0. The van der Waals surface area contributed by atoms with Crippen molar-refractivity contribution >= 4 is 0 Å². The standard InChI is InChI=1S/C16H28O/c1-13-16(12-17-13,14-8-4-2-5-9-14)15-10-6-3-7-11-15/h13-15H,2-12H2,1H3. The molecule has 2 aliphatic carbocycles. The van der Waals surface area contributed by atoms with E-state index >= 15 is 0 Å². The summed E-state index contributed by atoms with van der Waals surface area (Å²) in [5, 5.41) is 0. The van der Waals surface area contributed by atoms with Crippen LogP contribution in [0.5, 0.6) is 0 Å². The molecule has 1 aliphatic heterocycles. The maximum atomic E-state index is 5.85. The Morgan fingerprint density at radius 2 is 1.24 bits per heavy atom. The molecule has 1 heteroatoms. The van der Waals surface area contributed by atoms with Crippen LogP contribution < -0.4 is 0 Å². The highest BCUT2D eigenvalue weighted by Crippen LogP contribution is 2.56. The second-order valence-electron chi connectivity index (χ2n) is 6.74. The molecule has 0 spiro atoms. The molecular weight excluding hydrogens is 208 g/mol. The van der Waals surface area contributed by atoms with Gasteiger partial charge in [0.15, 0.2) is 0 Å². The Morgan fingerprint density at radius 3 is 1.53 bits per heavy atom. The predicted octanol–water partition coefficient (Wildman–Crippen LogP) is 4.55. The van der Waals surface area contributed by atoms with Crippen molar-refractivity contribution in [3.8, 4) is 0 Å². The van der Waals surface area contributed by atoms with Gasteiger partial charge in [-0.3, -0.25) is 0 Å². The van der Waals surface area contributed by atoms with Crippen LogP contribution in [0.3, 0.4) is 0 Å². The lowest BCUT2D eigenvalue weighted by Crippen LogP contribution is -2.60. The van der Waals surface area contributed by atoms with E-state index in [-0.39, 0.29) is 0 Å². The average Bonchev–Trinajstić information content (AvgIpc) is 2.40. The Kier molecular flexibility index (Phi) is 3.47. The highest BCUT2D eigenvalue weighted by atomic mass is 16.5. The van der Waals surface area contributed by atoms with Crippen LogP contribution in [0.15, 0.2) is 0 Å². The highest BCUT2D eigenvalue weighted by molar-refractivity contribution is 5.03. The predicted molar refractivity (Wildman–Crippen MR) is 71.0 cm³/mol. The molecule has 0 amide bonds. The van der Waals surface area contributed by atoms with Gasteiger partial charge in [-0.15, -0.1) is 0 Å². The molecular formula is C16H28O. The van der Waals surface area contributed by atoms with Crippen LogP contribution in [0.2, 0.25) is 0 Å². The van der Waals surface area contributed by atoms with E-state index in [9.17, 15) is 0 Å². The number of rotatable bonds is 2. The molecule has 0 aromatic carbocycles. The SMILES string of the molecule is CC1OCC1(C1CCCCC1)C1CCCCC1. The maximum Gasteiger partial charge on any atom is 0.0630 e. The summed E-state index contributed by atoms with van der Waals surface area (Å²) >= 11 is 0. The van der Waals surface area contributed by atoms with Crippen molar-refractivity contribution in [3.05, 3.63) is 0 Å². The van der Waals surface area contributed by atoms with Crippen molar-refractivity contribution in [1.29, 1.82) is 0 Å². The zero-order chi connectivity index (χ0) is 11.7. The summed E-state index contributed by atoms with van der Waals surface area (Å²) in [5.41, 5.74) is 0.598. The first-order valence-corrected chi connectivity index (χ1v) is 7.95. The summed E-state index contributed by atoms with van der Waals surface area (Å²) in [5.74, 6) is 1.98. The van der Waals surface area contributed by atoms with Crippen LogP contribution >= 0.6 is 0 Å². The van der Waals surface area contributed by atoms with Gasteiger partial charge in [0.05, 0.1) is 12.7 Å². The second-order valence-corrected chi connectivity index (χ2v) is 6.74. The summed E-state index contributed by atoms with van der Waals surface area (Å²) in [6.07, 6.45) is 15.4. The molecule has 0 bridgehead atoms. The molecule has 3 rings (SSSR count). The molecule has 98 valence electrons. The van der Waals surface area contributed by atoms with Crippen molar-refractivity contribution in [2.75, 3.05) is 6.61 Å². The molecule has 3 fully saturated rings. The molecule has 2 saturated carbocycles. The maximum absolute atomic E-state index is 5.85. The van der Waals surface area contributed by atoms with Gasteiger partial charge in [0.2, 0.25) is 0 Å². The third-order valence-electron chi connectivity index (χ3n) is 6.07. The summed E-state index contributed by atoms with van der Waals surface area (Å²) in [6.45, 7) is 3.44. The highest BCUT2D eigenvalue weighted by Gasteiger charge is 2.55. The summed E-state index contributed by atoms with van der Waals surface area (Å²) in [7, 11) is 0. The lowest BCUT2D eigenvalue weighted by molar-refractivity contribution is -0.242. The van der Waals surface area contributed by atoms with Crippen LogP contribution in [0.25, 0.3) is 0 Å². The third-order valence-corrected chi connectivity index (χ3v) is 6.07. The van der Waals surface area contributed by atoms with Gasteiger partial charge in [-0.05, 0) is 44.4 Å². The van der Waals surface area contributed by atoms with Gasteiger partial charge >= 0.3 is 0 Å². The largest absolute Gasteiger partial charge is 0.377 e. The van der Waals surface area contributed by atoms with Gasteiger partial charge < -0.3 is 4.74 Å². The molecule has 3 aliphatic rings. The van der Waals surface area contributed by atoms with Gasteiger partial charge in [-0.1, -0.05) is 38.5 Å². The third kappa shape index (κ3) is 1.95. The molecule has 1 unspecified atom stereocenters. The minimum Gasteiger partial charge on any atom is -0.377 e. The van der Waals surface area contributed by atoms with Crippen molar-refractivity contribution in [2.24, 2.45) is 17.3 Å². The van der Waals surface area contributed by atoms with E-state index in [2.05, 4.69) is 6.92 Å². The van der Waals surface area contributed by atoms with Gasteiger partial charge in [0.1, 0.15) is 0 Å². The Hall–Kier alpha value is -0.0400. The lowest BCUT2D eigenvalue weighted by atomic mass is 9.55. The van der Waals surface area contributed by atoms with E-state index in [1.54, 1.807) is 0 Å². The fourth-order valence-electron chi connectivity index (χ4n) is 4.96. The molecule has 0 N–H and O–H groups in total. The van der Waals surface area contributed by atoms with Crippen molar-refractivity contribution in [2.45, 2.75) is 77.2 Å². The van der Waals surface area contributed by atoms with E-state index in [1.807, 2.05) is 0 Å². The van der Waals surface area contributed by atoms with Gasteiger partial charge in [0, 0.05) is 5.41 Å². The zero-order valence-electron chi connectivity index (χ0n) is 11.4. The van der Waals surface area contributed by atoms with Gasteiger partial charge in [-0.25, -0.2) is 0 Å². The van der Waals surface area contributed by atoms with E-state index in [4.69, 9.17) is 4.74 Å². The van der Waals surface area contributed by atoms with E-state index in [0.29, 0.717) is 11.5 Å². The minimum absolute atomic E-state index is 0.550. The van der Waals surface area contributed by atoms with Crippen molar-refractivity contribution < 1.29 is 4.74 Å². The molecule has 17 heavy (non-hydrogen) atoms. The van der Waals surface area contributed by atoms with Crippen LogP contribution in [-0.2, 0) is 4.74 Å². The topological polar surface area (TPSA) is 9.23 Å². The fraction of sp³-hybridized carbons (Fsp3) is 1.00. The van der Waals surface area contributed by atoms with Gasteiger partial charge in [-0.2, -0.15) is 0 Å². The normalized spacial score (nSPS) is 35.5. The average molecular weight is 236 g/mol. The first-order valence-electron chi connectivity index (χ1n) is 7.95. The quantitative estimate of drug-likeness (QED) is 0.683. The summed E-state index contributed by atoms with van der Waals surface area (Å²) < 4.78 is 5.85. The summed E-state index contributed by atoms with van der Waals surface area (Å²) in [4.78, 5) is 0. The molecule has 1 nitrogen and oxygen atoms in total. The van der Waals surface area contributed by atoms with E-state index < -0.39 is 0 Å². The Balaban J connectivity index is 1.76. The Labute approximate surface area is 106 Å². The number of ether oxygens (including phenoxy) is 1. The number of hydrogen-bond acceptors (Lipinski definition) is 1. The van der Waals surface area contributed by atoms with Crippen LogP contribution in [0, 0.1) is 17.3 Å². The van der Waals surface area contributed by atoms with Gasteiger partial charge in [0.25, 0.3) is 0 Å². The second kappa shape index (κ2) is 4.91. The molecule has 1 heterocycles. The smallest absolute Gasteiger partial charge is 0.0630 e. The zero-order valence-corrected chi connectivity index (χ0v) is 11.4. The monoisotopic (exact) mass is 236 g/mol. The Bertz CT molecular complexity index is 230. The minimum atomic E-state index is 0.550. The van der Waals surface area contributed by atoms with Crippen LogP contribution in [-0.4, -0.2) is 12.7 Å². The molecule has 0 aromatic heterocycles.